The first-order valence-electron chi connectivity index (χ1n) is 8.54. The fourth-order valence-electron chi connectivity index (χ4n) is 3.32. The van der Waals surface area contributed by atoms with Crippen LogP contribution in [0.3, 0.4) is 0 Å². The van der Waals surface area contributed by atoms with E-state index in [4.69, 9.17) is 0 Å². The van der Waals surface area contributed by atoms with Crippen LogP contribution in [-0.2, 0) is 21.2 Å². The second-order valence-corrected chi connectivity index (χ2v) is 9.83. The Kier molecular flexibility index (Phi) is 5.59. The van der Waals surface area contributed by atoms with Gasteiger partial charge in [0.2, 0.25) is 5.91 Å². The van der Waals surface area contributed by atoms with Crippen molar-refractivity contribution in [3.63, 3.8) is 0 Å². The summed E-state index contributed by atoms with van der Waals surface area (Å²) in [4.78, 5) is 15.1. The van der Waals surface area contributed by atoms with Gasteiger partial charge in [-0.1, -0.05) is 0 Å². The van der Waals surface area contributed by atoms with E-state index in [1.54, 1.807) is 16.4 Å². The molecule has 2 saturated heterocycles. The van der Waals surface area contributed by atoms with Gasteiger partial charge in [0.1, 0.15) is 4.21 Å². The normalized spacial score (nSPS) is 20.4. The average molecular weight is 372 g/mol. The van der Waals surface area contributed by atoms with Crippen LogP contribution in [-0.4, -0.2) is 62.8 Å². The number of hydrogen-bond donors (Lipinski definition) is 1. The Morgan fingerprint density at radius 2 is 1.96 bits per heavy atom. The van der Waals surface area contributed by atoms with Gasteiger partial charge >= 0.3 is 0 Å². The van der Waals surface area contributed by atoms with E-state index in [9.17, 15) is 13.2 Å². The molecule has 8 heteroatoms. The number of amides is 1. The molecule has 1 amide bonds. The molecule has 6 nitrogen and oxygen atoms in total. The van der Waals surface area contributed by atoms with Crippen molar-refractivity contribution in [1.29, 1.82) is 0 Å². The summed E-state index contributed by atoms with van der Waals surface area (Å²) in [6.07, 6.45) is 4.08. The van der Waals surface area contributed by atoms with Crippen LogP contribution in [0.5, 0.6) is 0 Å². The van der Waals surface area contributed by atoms with E-state index in [-0.39, 0.29) is 18.4 Å². The van der Waals surface area contributed by atoms with Crippen LogP contribution < -0.4 is 5.32 Å². The van der Waals surface area contributed by atoms with Crippen molar-refractivity contribution in [2.45, 2.75) is 42.4 Å². The summed E-state index contributed by atoms with van der Waals surface area (Å²) in [5, 5.41) is 3.30. The largest absolute Gasteiger partial charge is 0.342 e. The molecule has 2 aliphatic heterocycles. The quantitative estimate of drug-likeness (QED) is 0.847. The van der Waals surface area contributed by atoms with Crippen molar-refractivity contribution in [3.05, 3.63) is 17.0 Å². The maximum absolute atomic E-state index is 12.5. The molecule has 2 fully saturated rings. The molecule has 0 saturated carbocycles. The molecule has 3 heterocycles. The van der Waals surface area contributed by atoms with Crippen LogP contribution >= 0.6 is 11.3 Å². The molecule has 1 aromatic rings. The molecule has 1 aromatic heterocycles. The Morgan fingerprint density at radius 3 is 2.62 bits per heavy atom. The molecule has 0 atom stereocenters. The van der Waals surface area contributed by atoms with Gasteiger partial charge in [-0.2, -0.15) is 4.31 Å². The summed E-state index contributed by atoms with van der Waals surface area (Å²) in [6, 6.07) is 3.71. The standard InChI is InChI=1S/C16H25N3O3S2/c1-18(13-6-8-17-9-7-13)15(20)12-14-4-5-16(23-14)24(21,22)19-10-2-3-11-19/h4-5,13,17H,2-3,6-12H2,1H3. The van der Waals surface area contributed by atoms with Crippen LogP contribution in [0.4, 0.5) is 0 Å². The number of nitrogens with zero attached hydrogens (tertiary/aromatic N) is 2. The molecule has 2 aliphatic rings. The first kappa shape index (κ1) is 17.8. The van der Waals surface area contributed by atoms with Crippen molar-refractivity contribution in [2.24, 2.45) is 0 Å². The van der Waals surface area contributed by atoms with E-state index in [0.29, 0.717) is 17.3 Å². The fraction of sp³-hybridized carbons (Fsp3) is 0.688. The summed E-state index contributed by atoms with van der Waals surface area (Å²) in [7, 11) is -1.52. The van der Waals surface area contributed by atoms with Crippen LogP contribution in [0.2, 0.25) is 0 Å². The van der Waals surface area contributed by atoms with Crippen molar-refractivity contribution in [1.82, 2.24) is 14.5 Å². The van der Waals surface area contributed by atoms with Crippen molar-refractivity contribution >= 4 is 27.3 Å². The maximum Gasteiger partial charge on any atom is 0.252 e. The highest BCUT2D eigenvalue weighted by atomic mass is 32.2. The highest BCUT2D eigenvalue weighted by molar-refractivity contribution is 7.91. The van der Waals surface area contributed by atoms with Gasteiger partial charge in [-0.25, -0.2) is 8.42 Å². The molecule has 3 rings (SSSR count). The molecule has 0 bridgehead atoms. The van der Waals surface area contributed by atoms with Gasteiger partial charge in [-0.15, -0.1) is 11.3 Å². The monoisotopic (exact) mass is 371 g/mol. The number of sulfonamides is 1. The number of carbonyl (C=O) groups excluding carboxylic acids is 1. The lowest BCUT2D eigenvalue weighted by atomic mass is 10.1. The Bertz CT molecular complexity index is 674. The SMILES string of the molecule is CN(C(=O)Cc1ccc(S(=O)(=O)N2CCCC2)s1)C1CCNCC1. The lowest BCUT2D eigenvalue weighted by Crippen LogP contribution is -2.44. The summed E-state index contributed by atoms with van der Waals surface area (Å²) >= 11 is 1.23. The predicted octanol–water partition coefficient (Wildman–Crippen LogP) is 1.29. The Morgan fingerprint density at radius 1 is 1.29 bits per heavy atom. The van der Waals surface area contributed by atoms with Crippen molar-refractivity contribution in [3.8, 4) is 0 Å². The van der Waals surface area contributed by atoms with E-state index >= 15 is 0 Å². The minimum Gasteiger partial charge on any atom is -0.342 e. The predicted molar refractivity (Wildman–Crippen MR) is 94.7 cm³/mol. The van der Waals surface area contributed by atoms with Crippen molar-refractivity contribution < 1.29 is 13.2 Å². The van der Waals surface area contributed by atoms with Gasteiger partial charge in [0.15, 0.2) is 0 Å². The Hall–Kier alpha value is -0.960. The average Bonchev–Trinajstić information content (AvgIpc) is 3.27. The van der Waals surface area contributed by atoms with Crippen LogP contribution in [0.25, 0.3) is 0 Å². The molecule has 0 spiro atoms. The minimum atomic E-state index is -3.38. The third-order valence-electron chi connectivity index (χ3n) is 4.87. The number of hydrogen-bond acceptors (Lipinski definition) is 5. The highest BCUT2D eigenvalue weighted by Crippen LogP contribution is 2.28. The Labute approximate surface area is 147 Å². The van der Waals surface area contributed by atoms with Gasteiger partial charge < -0.3 is 10.2 Å². The number of carbonyl (C=O) groups is 1. The molecular weight excluding hydrogens is 346 g/mol. The number of piperidine rings is 1. The molecule has 1 N–H and O–H groups in total. The molecular formula is C16H25N3O3S2. The molecule has 134 valence electrons. The summed E-state index contributed by atoms with van der Waals surface area (Å²) in [6.45, 7) is 3.10. The third kappa shape index (κ3) is 3.82. The second-order valence-electron chi connectivity index (χ2n) is 6.49. The van der Waals surface area contributed by atoms with Gasteiger partial charge in [0, 0.05) is 31.1 Å². The topological polar surface area (TPSA) is 69.7 Å². The molecule has 0 unspecified atom stereocenters. The van der Waals surface area contributed by atoms with Gasteiger partial charge in [-0.05, 0) is 50.9 Å². The van der Waals surface area contributed by atoms with Gasteiger partial charge in [-0.3, -0.25) is 4.79 Å². The van der Waals surface area contributed by atoms with Crippen LogP contribution in [0.1, 0.15) is 30.6 Å². The number of likely N-dealkylation sites (N-methyl/N-ethyl adjacent to an activating group) is 1. The van der Waals surface area contributed by atoms with E-state index in [1.165, 1.54) is 11.3 Å². The number of nitrogens with one attached hydrogen (secondary N) is 1. The van der Waals surface area contributed by atoms with E-state index in [0.717, 1.165) is 43.6 Å². The molecule has 0 aromatic carbocycles. The summed E-state index contributed by atoms with van der Waals surface area (Å²) in [5.41, 5.74) is 0. The lowest BCUT2D eigenvalue weighted by molar-refractivity contribution is -0.131. The maximum atomic E-state index is 12.5. The zero-order valence-electron chi connectivity index (χ0n) is 14.0. The van der Waals surface area contributed by atoms with Crippen LogP contribution in [0, 0.1) is 0 Å². The van der Waals surface area contributed by atoms with E-state index in [2.05, 4.69) is 5.32 Å². The first-order chi connectivity index (χ1) is 11.5. The molecule has 0 aliphatic carbocycles. The zero-order chi connectivity index (χ0) is 17.2. The van der Waals surface area contributed by atoms with E-state index in [1.807, 2.05) is 11.9 Å². The third-order valence-corrected chi connectivity index (χ3v) is 8.32. The Balaban J connectivity index is 1.64. The fourth-order valence-corrected chi connectivity index (χ4v) is 6.34. The lowest BCUT2D eigenvalue weighted by Gasteiger charge is -2.31. The zero-order valence-corrected chi connectivity index (χ0v) is 15.7. The number of thiophene rings is 1. The second kappa shape index (κ2) is 7.51. The van der Waals surface area contributed by atoms with E-state index < -0.39 is 10.0 Å². The first-order valence-corrected chi connectivity index (χ1v) is 10.8. The van der Waals surface area contributed by atoms with Gasteiger partial charge in [0.25, 0.3) is 10.0 Å². The van der Waals surface area contributed by atoms with Gasteiger partial charge in [0.05, 0.1) is 6.42 Å². The molecule has 24 heavy (non-hydrogen) atoms. The summed E-state index contributed by atoms with van der Waals surface area (Å²) in [5.74, 6) is 0.0638. The minimum absolute atomic E-state index is 0.0638. The molecule has 0 radical (unpaired) electrons. The summed E-state index contributed by atoms with van der Waals surface area (Å²) < 4.78 is 27.0. The van der Waals surface area contributed by atoms with Crippen LogP contribution in [0.15, 0.2) is 16.3 Å². The smallest absolute Gasteiger partial charge is 0.252 e. The van der Waals surface area contributed by atoms with Crippen molar-refractivity contribution in [2.75, 3.05) is 33.2 Å². The number of rotatable bonds is 5. The highest BCUT2D eigenvalue weighted by Gasteiger charge is 2.29.